The van der Waals surface area contributed by atoms with E-state index in [-0.39, 0.29) is 23.8 Å². The molecule has 0 saturated carbocycles. The van der Waals surface area contributed by atoms with Crippen molar-refractivity contribution in [2.75, 3.05) is 19.7 Å². The predicted molar refractivity (Wildman–Crippen MR) is 117 cm³/mol. The number of hydrogen-bond donors (Lipinski definition) is 0. The Morgan fingerprint density at radius 2 is 1.97 bits per heavy atom. The van der Waals surface area contributed by atoms with Gasteiger partial charge in [-0.1, -0.05) is 18.2 Å². The quantitative estimate of drug-likeness (QED) is 0.615. The second kappa shape index (κ2) is 9.40. The molecule has 1 unspecified atom stereocenters. The predicted octanol–water partition coefficient (Wildman–Crippen LogP) is 2.59. The Balaban J connectivity index is 1.50. The number of nitrogens with zero attached hydrogens (tertiary/aromatic N) is 4. The minimum atomic E-state index is -0.394. The molecular formula is C24H25FN4O3. The molecule has 1 aromatic carbocycles. The zero-order chi connectivity index (χ0) is 22.7. The van der Waals surface area contributed by atoms with Gasteiger partial charge in [-0.3, -0.25) is 14.6 Å². The molecule has 8 heteroatoms. The average molecular weight is 436 g/mol. The molecule has 2 aromatic heterocycles. The van der Waals surface area contributed by atoms with Gasteiger partial charge >= 0.3 is 0 Å². The summed E-state index contributed by atoms with van der Waals surface area (Å²) in [5.41, 5.74) is 3.41. The summed E-state index contributed by atoms with van der Waals surface area (Å²) in [6, 6.07) is 13.6. The number of morpholine rings is 1. The van der Waals surface area contributed by atoms with Gasteiger partial charge < -0.3 is 9.64 Å². The van der Waals surface area contributed by atoms with Gasteiger partial charge in [-0.2, -0.15) is 5.10 Å². The standard InChI is InChI=1S/C24H25FN4O3/c1-16-7-8-23(30)29(27-16)15-24(31)28-9-10-32-22(14-28)21-13-18(11-17(2)26-21)12-19-5-3-4-6-20(19)25/h3-8,11,13,22H,9-10,12,14-15H2,1-2H3. The van der Waals surface area contributed by atoms with Crippen molar-refractivity contribution in [1.82, 2.24) is 19.7 Å². The highest BCUT2D eigenvalue weighted by Gasteiger charge is 2.27. The Hall–Kier alpha value is -3.39. The van der Waals surface area contributed by atoms with Gasteiger partial charge in [-0.25, -0.2) is 9.07 Å². The van der Waals surface area contributed by atoms with Gasteiger partial charge in [0, 0.05) is 24.7 Å². The van der Waals surface area contributed by atoms with Crippen molar-refractivity contribution in [3.05, 3.63) is 92.9 Å². The van der Waals surface area contributed by atoms with Crippen molar-refractivity contribution in [3.8, 4) is 0 Å². The number of amides is 1. The lowest BCUT2D eigenvalue weighted by Gasteiger charge is -2.33. The molecule has 0 N–H and O–H groups in total. The van der Waals surface area contributed by atoms with Crippen LogP contribution < -0.4 is 5.56 Å². The number of halogens is 1. The van der Waals surface area contributed by atoms with E-state index < -0.39 is 6.10 Å². The second-order valence-electron chi connectivity index (χ2n) is 7.98. The lowest BCUT2D eigenvalue weighted by Crippen LogP contribution is -2.45. The van der Waals surface area contributed by atoms with Crippen LogP contribution >= 0.6 is 0 Å². The summed E-state index contributed by atoms with van der Waals surface area (Å²) in [7, 11) is 0. The molecule has 1 saturated heterocycles. The van der Waals surface area contributed by atoms with Gasteiger partial charge in [-0.05, 0) is 49.2 Å². The number of carbonyl (C=O) groups excluding carboxylic acids is 1. The zero-order valence-corrected chi connectivity index (χ0v) is 18.1. The average Bonchev–Trinajstić information content (AvgIpc) is 2.77. The molecule has 1 aliphatic rings. The first kappa shape index (κ1) is 21.8. The van der Waals surface area contributed by atoms with Crippen molar-refractivity contribution < 1.29 is 13.9 Å². The molecule has 7 nitrogen and oxygen atoms in total. The highest BCUT2D eigenvalue weighted by molar-refractivity contribution is 5.76. The summed E-state index contributed by atoms with van der Waals surface area (Å²) in [6.45, 7) is 4.67. The molecule has 1 aliphatic heterocycles. The van der Waals surface area contributed by atoms with Crippen LogP contribution in [0.1, 0.15) is 34.3 Å². The van der Waals surface area contributed by atoms with E-state index in [0.29, 0.717) is 43.1 Å². The fourth-order valence-corrected chi connectivity index (χ4v) is 3.84. The fourth-order valence-electron chi connectivity index (χ4n) is 3.84. The van der Waals surface area contributed by atoms with Crippen LogP contribution in [-0.4, -0.2) is 45.3 Å². The highest BCUT2D eigenvalue weighted by Crippen LogP contribution is 2.24. The Labute approximate surface area is 185 Å². The molecule has 32 heavy (non-hydrogen) atoms. The second-order valence-corrected chi connectivity index (χ2v) is 7.98. The molecule has 3 heterocycles. The van der Waals surface area contributed by atoms with Crippen molar-refractivity contribution in [3.63, 3.8) is 0 Å². The molecule has 1 amide bonds. The minimum Gasteiger partial charge on any atom is -0.368 e. The highest BCUT2D eigenvalue weighted by atomic mass is 19.1. The Bertz CT molecular complexity index is 1190. The normalized spacial score (nSPS) is 16.2. The molecule has 0 radical (unpaired) electrons. The third-order valence-electron chi connectivity index (χ3n) is 5.42. The van der Waals surface area contributed by atoms with Crippen molar-refractivity contribution in [1.29, 1.82) is 0 Å². The Kier molecular flexibility index (Phi) is 6.41. The first-order chi connectivity index (χ1) is 15.4. The third kappa shape index (κ3) is 5.08. The number of hydrogen-bond acceptors (Lipinski definition) is 5. The summed E-state index contributed by atoms with van der Waals surface area (Å²) in [5.74, 6) is -0.438. The number of ether oxygens (including phenoxy) is 1. The maximum Gasteiger partial charge on any atom is 0.267 e. The summed E-state index contributed by atoms with van der Waals surface area (Å²) in [5, 5.41) is 4.14. The van der Waals surface area contributed by atoms with Crippen LogP contribution in [0.3, 0.4) is 0 Å². The van der Waals surface area contributed by atoms with Crippen molar-refractivity contribution in [2.24, 2.45) is 0 Å². The van der Waals surface area contributed by atoms with Gasteiger partial charge in [0.15, 0.2) is 0 Å². The monoisotopic (exact) mass is 436 g/mol. The maximum absolute atomic E-state index is 14.1. The largest absolute Gasteiger partial charge is 0.368 e. The van der Waals surface area contributed by atoms with E-state index in [0.717, 1.165) is 11.3 Å². The van der Waals surface area contributed by atoms with Gasteiger partial charge in [0.25, 0.3) is 5.56 Å². The van der Waals surface area contributed by atoms with Crippen LogP contribution in [0.2, 0.25) is 0 Å². The molecule has 4 rings (SSSR count). The summed E-state index contributed by atoms with van der Waals surface area (Å²) in [4.78, 5) is 31.1. The van der Waals surface area contributed by atoms with Crippen LogP contribution in [-0.2, 0) is 22.5 Å². The van der Waals surface area contributed by atoms with Crippen LogP contribution in [0.5, 0.6) is 0 Å². The van der Waals surface area contributed by atoms with E-state index >= 15 is 0 Å². The third-order valence-corrected chi connectivity index (χ3v) is 5.42. The van der Waals surface area contributed by atoms with E-state index in [1.165, 1.54) is 16.8 Å². The van der Waals surface area contributed by atoms with Crippen molar-refractivity contribution >= 4 is 5.91 Å². The van der Waals surface area contributed by atoms with Crippen LogP contribution in [0.4, 0.5) is 4.39 Å². The first-order valence-electron chi connectivity index (χ1n) is 10.5. The summed E-state index contributed by atoms with van der Waals surface area (Å²) < 4.78 is 21.2. The zero-order valence-electron chi connectivity index (χ0n) is 18.1. The van der Waals surface area contributed by atoms with E-state index in [2.05, 4.69) is 10.1 Å². The van der Waals surface area contributed by atoms with Crippen LogP contribution in [0, 0.1) is 19.7 Å². The maximum atomic E-state index is 14.1. The Morgan fingerprint density at radius 3 is 2.78 bits per heavy atom. The van der Waals surface area contributed by atoms with Gasteiger partial charge in [0.2, 0.25) is 5.91 Å². The number of benzene rings is 1. The van der Waals surface area contributed by atoms with Crippen LogP contribution in [0.15, 0.2) is 53.3 Å². The number of aromatic nitrogens is 3. The van der Waals surface area contributed by atoms with Gasteiger partial charge in [-0.15, -0.1) is 0 Å². The van der Waals surface area contributed by atoms with Crippen molar-refractivity contribution in [2.45, 2.75) is 32.9 Å². The van der Waals surface area contributed by atoms with E-state index in [1.807, 2.05) is 25.1 Å². The lowest BCUT2D eigenvalue weighted by atomic mass is 10.0. The molecule has 0 bridgehead atoms. The molecule has 0 spiro atoms. The Morgan fingerprint density at radius 1 is 1.16 bits per heavy atom. The van der Waals surface area contributed by atoms with E-state index in [9.17, 15) is 14.0 Å². The summed E-state index contributed by atoms with van der Waals surface area (Å²) in [6.07, 6.45) is 0.0505. The number of pyridine rings is 1. The fraction of sp³-hybridized carbons (Fsp3) is 0.333. The molecule has 166 valence electrons. The van der Waals surface area contributed by atoms with Crippen LogP contribution in [0.25, 0.3) is 0 Å². The first-order valence-corrected chi connectivity index (χ1v) is 10.5. The number of carbonyl (C=O) groups is 1. The number of rotatable bonds is 5. The van der Waals surface area contributed by atoms with E-state index in [1.54, 1.807) is 30.0 Å². The smallest absolute Gasteiger partial charge is 0.267 e. The van der Waals surface area contributed by atoms with E-state index in [4.69, 9.17) is 4.74 Å². The molecular weight excluding hydrogens is 411 g/mol. The van der Waals surface area contributed by atoms with Gasteiger partial charge in [0.1, 0.15) is 18.5 Å². The summed E-state index contributed by atoms with van der Waals surface area (Å²) >= 11 is 0. The molecule has 3 aromatic rings. The van der Waals surface area contributed by atoms with Gasteiger partial charge in [0.05, 0.1) is 24.5 Å². The molecule has 0 aliphatic carbocycles. The molecule has 1 fully saturated rings. The lowest BCUT2D eigenvalue weighted by molar-refractivity contribution is -0.140. The molecule has 1 atom stereocenters. The topological polar surface area (TPSA) is 77.3 Å². The minimum absolute atomic E-state index is 0.118. The number of aryl methyl sites for hydroxylation is 2. The SMILES string of the molecule is Cc1cc(Cc2ccccc2F)cc(C2CN(C(=O)Cn3nc(C)ccc3=O)CCO2)n1.